The molecule has 8 heteroatoms. The predicted molar refractivity (Wildman–Crippen MR) is 75.8 cm³/mol. The van der Waals surface area contributed by atoms with Gasteiger partial charge in [0, 0.05) is 13.1 Å². The Bertz CT molecular complexity index is 829. The van der Waals surface area contributed by atoms with Crippen LogP contribution in [0.15, 0.2) is 48.8 Å². The summed E-state index contributed by atoms with van der Waals surface area (Å²) < 4.78 is 45.1. The quantitative estimate of drug-likeness (QED) is 0.738. The number of hydrogen-bond acceptors (Lipinski definition) is 4. The molecule has 5 nitrogen and oxygen atoms in total. The highest BCUT2D eigenvalue weighted by molar-refractivity contribution is 5.50. The fraction of sp³-hybridized carbons (Fsp3) is 0.133. The Morgan fingerprint density at radius 1 is 1.09 bits per heavy atom. The lowest BCUT2D eigenvalue weighted by Crippen LogP contribution is -2.04. The van der Waals surface area contributed by atoms with Crippen LogP contribution < -0.4 is 4.74 Å². The molecule has 0 saturated heterocycles. The molecule has 3 aromatic rings. The third-order valence-electron chi connectivity index (χ3n) is 3.05. The van der Waals surface area contributed by atoms with Gasteiger partial charge in [-0.15, -0.1) is 0 Å². The van der Waals surface area contributed by atoms with Gasteiger partial charge >= 0.3 is 6.18 Å². The number of alkyl halides is 3. The van der Waals surface area contributed by atoms with E-state index in [1.165, 1.54) is 23.1 Å². The number of hydrogen-bond donors (Lipinski definition) is 0. The molecule has 0 amide bonds. The van der Waals surface area contributed by atoms with Crippen molar-refractivity contribution >= 4 is 0 Å². The summed E-state index contributed by atoms with van der Waals surface area (Å²) >= 11 is 0. The summed E-state index contributed by atoms with van der Waals surface area (Å²) in [6.07, 6.45) is -3.04. The highest BCUT2D eigenvalue weighted by Gasteiger charge is 2.30. The molecular weight excluding hydrogens is 309 g/mol. The van der Waals surface area contributed by atoms with Gasteiger partial charge in [0.25, 0.3) is 0 Å². The zero-order valence-corrected chi connectivity index (χ0v) is 11.9. The molecule has 2 aromatic heterocycles. The summed E-state index contributed by atoms with van der Waals surface area (Å²) in [4.78, 5) is 8.30. The molecule has 0 aliphatic carbocycles. The standard InChI is InChI=1S/C15H11F3N4O/c1-22-14(19-9-20-22)12-6-3-7-13(21-12)23-11-5-2-4-10(8-11)15(16,17)18/h2-9H,1H3. The number of halogens is 3. The van der Waals surface area contributed by atoms with Crippen molar-refractivity contribution in [1.82, 2.24) is 19.7 Å². The average molecular weight is 320 g/mol. The van der Waals surface area contributed by atoms with Gasteiger partial charge in [-0.1, -0.05) is 12.1 Å². The fourth-order valence-electron chi connectivity index (χ4n) is 1.98. The lowest BCUT2D eigenvalue weighted by Gasteiger charge is -2.10. The minimum Gasteiger partial charge on any atom is -0.439 e. The molecule has 0 N–H and O–H groups in total. The molecule has 0 spiro atoms. The van der Waals surface area contributed by atoms with Crippen LogP contribution in [0.5, 0.6) is 11.6 Å². The molecule has 23 heavy (non-hydrogen) atoms. The lowest BCUT2D eigenvalue weighted by molar-refractivity contribution is -0.137. The summed E-state index contributed by atoms with van der Waals surface area (Å²) in [5, 5.41) is 3.95. The van der Waals surface area contributed by atoms with Crippen LogP contribution in [0.3, 0.4) is 0 Å². The van der Waals surface area contributed by atoms with E-state index in [4.69, 9.17) is 4.74 Å². The van der Waals surface area contributed by atoms with Crippen LogP contribution in [0.4, 0.5) is 13.2 Å². The molecule has 1 aromatic carbocycles. The number of benzene rings is 1. The lowest BCUT2D eigenvalue weighted by atomic mass is 10.2. The average Bonchev–Trinajstić information content (AvgIpc) is 2.93. The Morgan fingerprint density at radius 3 is 2.57 bits per heavy atom. The van der Waals surface area contributed by atoms with Gasteiger partial charge in [0.1, 0.15) is 17.8 Å². The molecule has 0 radical (unpaired) electrons. The van der Waals surface area contributed by atoms with Crippen molar-refractivity contribution in [2.45, 2.75) is 6.18 Å². The van der Waals surface area contributed by atoms with E-state index in [-0.39, 0.29) is 11.6 Å². The second-order valence-corrected chi connectivity index (χ2v) is 4.70. The van der Waals surface area contributed by atoms with Crippen LogP contribution in [0.1, 0.15) is 5.56 Å². The van der Waals surface area contributed by atoms with Crippen molar-refractivity contribution in [2.75, 3.05) is 0 Å². The van der Waals surface area contributed by atoms with Crippen molar-refractivity contribution in [3.8, 4) is 23.1 Å². The Kier molecular flexibility index (Phi) is 3.73. The molecular formula is C15H11F3N4O. The molecule has 0 saturated carbocycles. The van der Waals surface area contributed by atoms with Gasteiger partial charge in [0.2, 0.25) is 5.88 Å². The first-order valence-corrected chi connectivity index (χ1v) is 6.60. The van der Waals surface area contributed by atoms with Crippen LogP contribution in [0.2, 0.25) is 0 Å². The maximum absolute atomic E-state index is 12.7. The SMILES string of the molecule is Cn1ncnc1-c1cccc(Oc2cccc(C(F)(F)F)c2)n1. The monoisotopic (exact) mass is 320 g/mol. The summed E-state index contributed by atoms with van der Waals surface area (Å²) in [5.74, 6) is 0.756. The van der Waals surface area contributed by atoms with Crippen LogP contribution in [-0.4, -0.2) is 19.7 Å². The molecule has 2 heterocycles. The van der Waals surface area contributed by atoms with Crippen LogP contribution in [-0.2, 0) is 13.2 Å². The van der Waals surface area contributed by atoms with Crippen molar-refractivity contribution in [1.29, 1.82) is 0 Å². The molecule has 118 valence electrons. The minimum atomic E-state index is -4.42. The summed E-state index contributed by atoms with van der Waals surface area (Å²) in [6, 6.07) is 9.58. The number of rotatable bonds is 3. The molecule has 0 aliphatic rings. The topological polar surface area (TPSA) is 52.8 Å². The number of nitrogens with zero attached hydrogens (tertiary/aromatic N) is 4. The normalized spacial score (nSPS) is 11.5. The first-order valence-electron chi connectivity index (χ1n) is 6.60. The van der Waals surface area contributed by atoms with Crippen molar-refractivity contribution in [3.63, 3.8) is 0 Å². The maximum atomic E-state index is 12.7. The van der Waals surface area contributed by atoms with E-state index in [0.717, 1.165) is 12.1 Å². The van der Waals surface area contributed by atoms with Crippen LogP contribution in [0, 0.1) is 0 Å². The van der Waals surface area contributed by atoms with Gasteiger partial charge in [0.05, 0.1) is 5.56 Å². The number of aromatic nitrogens is 4. The van der Waals surface area contributed by atoms with Gasteiger partial charge < -0.3 is 4.74 Å². The minimum absolute atomic E-state index is 0.0578. The highest BCUT2D eigenvalue weighted by Crippen LogP contribution is 2.32. The maximum Gasteiger partial charge on any atom is 0.416 e. The zero-order chi connectivity index (χ0) is 16.4. The molecule has 3 rings (SSSR count). The van der Waals surface area contributed by atoms with Crippen molar-refractivity contribution in [3.05, 3.63) is 54.4 Å². The fourth-order valence-corrected chi connectivity index (χ4v) is 1.98. The van der Waals surface area contributed by atoms with Crippen molar-refractivity contribution in [2.24, 2.45) is 7.05 Å². The molecule has 0 atom stereocenters. The molecule has 0 fully saturated rings. The van der Waals surface area contributed by atoms with E-state index >= 15 is 0 Å². The first kappa shape index (κ1) is 15.0. The van der Waals surface area contributed by atoms with Gasteiger partial charge in [0.15, 0.2) is 5.82 Å². The van der Waals surface area contributed by atoms with Gasteiger partial charge in [-0.2, -0.15) is 18.3 Å². The smallest absolute Gasteiger partial charge is 0.416 e. The van der Waals surface area contributed by atoms with Gasteiger partial charge in [-0.3, -0.25) is 0 Å². The largest absolute Gasteiger partial charge is 0.439 e. The van der Waals surface area contributed by atoms with Gasteiger partial charge in [-0.25, -0.2) is 14.6 Å². The second-order valence-electron chi connectivity index (χ2n) is 4.70. The van der Waals surface area contributed by atoms with E-state index in [1.54, 1.807) is 25.2 Å². The van der Waals surface area contributed by atoms with Crippen molar-refractivity contribution < 1.29 is 17.9 Å². The number of pyridine rings is 1. The van der Waals surface area contributed by atoms with E-state index in [9.17, 15) is 13.2 Å². The van der Waals surface area contributed by atoms with Crippen LogP contribution >= 0.6 is 0 Å². The third-order valence-corrected chi connectivity index (χ3v) is 3.05. The molecule has 0 unspecified atom stereocenters. The van der Waals surface area contributed by atoms with E-state index in [1.807, 2.05) is 0 Å². The summed E-state index contributed by atoms with van der Waals surface area (Å²) in [6.45, 7) is 0. The zero-order valence-electron chi connectivity index (χ0n) is 11.9. The Balaban J connectivity index is 1.88. The summed E-state index contributed by atoms with van der Waals surface area (Å²) in [7, 11) is 1.71. The number of ether oxygens (including phenoxy) is 1. The predicted octanol–water partition coefficient (Wildman–Crippen LogP) is 3.69. The Hall–Kier alpha value is -2.90. The first-order chi connectivity index (χ1) is 10.9. The van der Waals surface area contributed by atoms with Crippen LogP contribution in [0.25, 0.3) is 11.5 Å². The molecule has 0 aliphatic heterocycles. The van der Waals surface area contributed by atoms with E-state index in [0.29, 0.717) is 11.5 Å². The highest BCUT2D eigenvalue weighted by atomic mass is 19.4. The number of aryl methyl sites for hydroxylation is 1. The van der Waals surface area contributed by atoms with E-state index in [2.05, 4.69) is 15.1 Å². The Morgan fingerprint density at radius 2 is 1.87 bits per heavy atom. The van der Waals surface area contributed by atoms with E-state index < -0.39 is 11.7 Å². The third kappa shape index (κ3) is 3.31. The van der Waals surface area contributed by atoms with Gasteiger partial charge in [-0.05, 0) is 24.3 Å². The Labute approximate surface area is 129 Å². The molecule has 0 bridgehead atoms. The summed E-state index contributed by atoms with van der Waals surface area (Å²) in [5.41, 5.74) is -0.270. The second kappa shape index (κ2) is 5.71.